The largest absolute Gasteiger partial charge is 0.343 e. The maximum absolute atomic E-state index is 12.3. The highest BCUT2D eigenvalue weighted by atomic mass is 79.9. The van der Waals surface area contributed by atoms with Crippen molar-refractivity contribution in [3.63, 3.8) is 0 Å². The number of anilines is 1. The number of nitrogens with zero attached hydrogens (tertiary/aromatic N) is 2. The third kappa shape index (κ3) is 2.97. The standard InChI is InChI=1S/C14H11BrClN3OS/c1-2-19-7-8(15)5-11(19)13(20)18-14-17-10-4-3-9(16)6-12(10)21-14/h3-7H,2H2,1H3,(H,17,18,20). The van der Waals surface area contributed by atoms with Crippen molar-refractivity contribution in [3.05, 3.63) is 45.7 Å². The van der Waals surface area contributed by atoms with Gasteiger partial charge in [0.15, 0.2) is 5.13 Å². The second kappa shape index (κ2) is 5.79. The van der Waals surface area contributed by atoms with E-state index in [0.717, 1.165) is 21.2 Å². The first-order chi connectivity index (χ1) is 10.1. The van der Waals surface area contributed by atoms with Gasteiger partial charge in [-0.3, -0.25) is 10.1 Å². The Bertz CT molecular complexity index is 827. The Kier molecular flexibility index (Phi) is 4.01. The van der Waals surface area contributed by atoms with E-state index >= 15 is 0 Å². The van der Waals surface area contributed by atoms with Crippen LogP contribution in [0.5, 0.6) is 0 Å². The Balaban J connectivity index is 1.88. The number of carbonyl (C=O) groups is 1. The predicted octanol–water partition coefficient (Wildman–Crippen LogP) is 4.79. The number of nitrogens with one attached hydrogen (secondary N) is 1. The zero-order chi connectivity index (χ0) is 15.0. The molecule has 0 saturated heterocycles. The fourth-order valence-electron chi connectivity index (χ4n) is 2.04. The second-order valence-corrected chi connectivity index (χ2v) is 6.80. The average Bonchev–Trinajstić information content (AvgIpc) is 3.00. The molecule has 3 aromatic rings. The van der Waals surface area contributed by atoms with E-state index in [0.29, 0.717) is 15.8 Å². The maximum atomic E-state index is 12.3. The third-order valence-corrected chi connectivity index (χ3v) is 4.61. The first kappa shape index (κ1) is 14.6. The van der Waals surface area contributed by atoms with Crippen LogP contribution in [0, 0.1) is 0 Å². The van der Waals surface area contributed by atoms with Gasteiger partial charge in [-0.15, -0.1) is 0 Å². The van der Waals surface area contributed by atoms with Gasteiger partial charge in [0.1, 0.15) is 5.69 Å². The molecule has 0 aliphatic carbocycles. The van der Waals surface area contributed by atoms with Crippen LogP contribution in [-0.4, -0.2) is 15.5 Å². The molecule has 0 aliphatic heterocycles. The van der Waals surface area contributed by atoms with Crippen molar-refractivity contribution in [2.24, 2.45) is 0 Å². The number of halogens is 2. The van der Waals surface area contributed by atoms with Crippen LogP contribution in [0.4, 0.5) is 5.13 Å². The van der Waals surface area contributed by atoms with Gasteiger partial charge < -0.3 is 4.57 Å². The summed E-state index contributed by atoms with van der Waals surface area (Å²) in [4.78, 5) is 16.7. The molecule has 0 fully saturated rings. The predicted molar refractivity (Wildman–Crippen MR) is 90.4 cm³/mol. The molecule has 2 aromatic heterocycles. The molecule has 21 heavy (non-hydrogen) atoms. The third-order valence-electron chi connectivity index (χ3n) is 3.01. The molecule has 1 amide bonds. The van der Waals surface area contributed by atoms with Gasteiger partial charge in [-0.1, -0.05) is 22.9 Å². The van der Waals surface area contributed by atoms with Gasteiger partial charge >= 0.3 is 0 Å². The summed E-state index contributed by atoms with van der Waals surface area (Å²) in [6.07, 6.45) is 1.88. The fourth-order valence-corrected chi connectivity index (χ4v) is 3.64. The van der Waals surface area contributed by atoms with E-state index in [2.05, 4.69) is 26.2 Å². The van der Waals surface area contributed by atoms with Crippen LogP contribution in [0.25, 0.3) is 10.2 Å². The number of carbonyl (C=O) groups excluding carboxylic acids is 1. The van der Waals surface area contributed by atoms with Crippen LogP contribution >= 0.6 is 38.9 Å². The van der Waals surface area contributed by atoms with E-state index in [-0.39, 0.29) is 5.91 Å². The number of rotatable bonds is 3. The van der Waals surface area contributed by atoms with Gasteiger partial charge in [-0.05, 0) is 47.1 Å². The summed E-state index contributed by atoms with van der Waals surface area (Å²) < 4.78 is 3.71. The first-order valence-corrected chi connectivity index (χ1v) is 8.28. The van der Waals surface area contributed by atoms with Crippen LogP contribution in [0.2, 0.25) is 5.02 Å². The molecular weight excluding hydrogens is 374 g/mol. The molecule has 0 spiro atoms. The molecule has 0 aliphatic rings. The minimum Gasteiger partial charge on any atom is -0.343 e. The highest BCUT2D eigenvalue weighted by Crippen LogP contribution is 2.28. The monoisotopic (exact) mass is 383 g/mol. The smallest absolute Gasteiger partial charge is 0.274 e. The van der Waals surface area contributed by atoms with Crippen molar-refractivity contribution in [1.82, 2.24) is 9.55 Å². The lowest BCUT2D eigenvalue weighted by Crippen LogP contribution is -2.16. The topological polar surface area (TPSA) is 46.9 Å². The Morgan fingerprint density at radius 1 is 1.48 bits per heavy atom. The molecule has 1 aromatic carbocycles. The van der Waals surface area contributed by atoms with E-state index in [1.807, 2.05) is 29.8 Å². The van der Waals surface area contributed by atoms with E-state index in [1.165, 1.54) is 11.3 Å². The summed E-state index contributed by atoms with van der Waals surface area (Å²) in [6.45, 7) is 2.71. The van der Waals surface area contributed by atoms with Crippen LogP contribution in [0.3, 0.4) is 0 Å². The van der Waals surface area contributed by atoms with Gasteiger partial charge in [0.25, 0.3) is 5.91 Å². The van der Waals surface area contributed by atoms with Gasteiger partial charge in [-0.25, -0.2) is 4.98 Å². The van der Waals surface area contributed by atoms with E-state index in [9.17, 15) is 4.79 Å². The molecule has 4 nitrogen and oxygen atoms in total. The van der Waals surface area contributed by atoms with Crippen LogP contribution in [-0.2, 0) is 6.54 Å². The quantitative estimate of drug-likeness (QED) is 0.706. The highest BCUT2D eigenvalue weighted by Gasteiger charge is 2.14. The zero-order valence-electron chi connectivity index (χ0n) is 11.1. The Morgan fingerprint density at radius 2 is 2.29 bits per heavy atom. The van der Waals surface area contributed by atoms with E-state index < -0.39 is 0 Å². The Morgan fingerprint density at radius 3 is 3.05 bits per heavy atom. The van der Waals surface area contributed by atoms with Gasteiger partial charge in [0.2, 0.25) is 0 Å². The summed E-state index contributed by atoms with van der Waals surface area (Å²) in [6, 6.07) is 7.27. The van der Waals surface area contributed by atoms with E-state index in [4.69, 9.17) is 11.6 Å². The SMILES string of the molecule is CCn1cc(Br)cc1C(=O)Nc1nc2ccc(Cl)cc2s1. The van der Waals surface area contributed by atoms with Gasteiger partial charge in [-0.2, -0.15) is 0 Å². The van der Waals surface area contributed by atoms with Crippen molar-refractivity contribution in [2.75, 3.05) is 5.32 Å². The van der Waals surface area contributed by atoms with Crippen molar-refractivity contribution < 1.29 is 4.79 Å². The van der Waals surface area contributed by atoms with Crippen LogP contribution in [0.1, 0.15) is 17.4 Å². The average molecular weight is 385 g/mol. The zero-order valence-corrected chi connectivity index (χ0v) is 14.2. The van der Waals surface area contributed by atoms with Crippen molar-refractivity contribution in [2.45, 2.75) is 13.5 Å². The van der Waals surface area contributed by atoms with Crippen molar-refractivity contribution >= 4 is 60.1 Å². The number of aromatic nitrogens is 2. The molecule has 7 heteroatoms. The van der Waals surface area contributed by atoms with Gasteiger partial charge in [0.05, 0.1) is 10.2 Å². The van der Waals surface area contributed by atoms with Crippen LogP contribution < -0.4 is 5.32 Å². The molecule has 0 saturated carbocycles. The summed E-state index contributed by atoms with van der Waals surface area (Å²) >= 11 is 10.7. The lowest BCUT2D eigenvalue weighted by Gasteiger charge is -2.04. The maximum Gasteiger partial charge on any atom is 0.274 e. The summed E-state index contributed by atoms with van der Waals surface area (Å²) in [5.41, 5.74) is 1.42. The lowest BCUT2D eigenvalue weighted by molar-refractivity contribution is 0.101. The Hall–Kier alpha value is -1.37. The number of benzene rings is 1. The fraction of sp³-hybridized carbons (Fsp3) is 0.143. The number of thiazole rings is 1. The lowest BCUT2D eigenvalue weighted by atomic mass is 10.3. The molecule has 2 heterocycles. The molecule has 0 radical (unpaired) electrons. The molecule has 3 rings (SSSR count). The summed E-state index contributed by atoms with van der Waals surface area (Å²) in [7, 11) is 0. The molecule has 0 atom stereocenters. The second-order valence-electron chi connectivity index (χ2n) is 4.41. The van der Waals surface area contributed by atoms with E-state index in [1.54, 1.807) is 12.1 Å². The van der Waals surface area contributed by atoms with Gasteiger partial charge in [0, 0.05) is 22.2 Å². The summed E-state index contributed by atoms with van der Waals surface area (Å²) in [5.74, 6) is -0.173. The molecule has 108 valence electrons. The molecule has 0 unspecified atom stereocenters. The van der Waals surface area contributed by atoms with Crippen molar-refractivity contribution in [3.8, 4) is 0 Å². The van der Waals surface area contributed by atoms with Crippen LogP contribution in [0.15, 0.2) is 34.9 Å². The number of hydrogen-bond donors (Lipinski definition) is 1. The molecule has 0 bridgehead atoms. The highest BCUT2D eigenvalue weighted by molar-refractivity contribution is 9.10. The molecular formula is C14H11BrClN3OS. The normalized spacial score (nSPS) is 11.0. The summed E-state index contributed by atoms with van der Waals surface area (Å²) in [5, 5.41) is 4.07. The minimum atomic E-state index is -0.173. The number of amides is 1. The number of aryl methyl sites for hydroxylation is 1. The molecule has 1 N–H and O–H groups in total. The number of hydrogen-bond acceptors (Lipinski definition) is 3. The number of fused-ring (bicyclic) bond motifs is 1. The first-order valence-electron chi connectivity index (χ1n) is 6.30. The van der Waals surface area contributed by atoms with Crippen molar-refractivity contribution in [1.29, 1.82) is 0 Å². The minimum absolute atomic E-state index is 0.173. The Labute approximate surface area is 138 Å².